The van der Waals surface area contributed by atoms with Crippen LogP contribution in [-0.4, -0.2) is 48.3 Å². The Morgan fingerprint density at radius 3 is 2.42 bits per heavy atom. The van der Waals surface area contributed by atoms with Crippen LogP contribution in [0.3, 0.4) is 0 Å². The molecule has 2 rings (SSSR count). The van der Waals surface area contributed by atoms with Gasteiger partial charge in [0, 0.05) is 5.92 Å². The quantitative estimate of drug-likeness (QED) is 0.374. The fourth-order valence-corrected chi connectivity index (χ4v) is 3.69. The zero-order chi connectivity index (χ0) is 19.4. The highest BCUT2D eigenvalue weighted by molar-refractivity contribution is 6.00. The van der Waals surface area contributed by atoms with Crippen LogP contribution >= 0.6 is 0 Å². The Hall–Kier alpha value is -2.57. The first kappa shape index (κ1) is 19.8. The summed E-state index contributed by atoms with van der Waals surface area (Å²) in [6, 6.07) is -0.231. The van der Waals surface area contributed by atoms with Crippen molar-refractivity contribution < 1.29 is 28.6 Å². The predicted octanol–water partition coefficient (Wildman–Crippen LogP) is 2.58. The van der Waals surface area contributed by atoms with Crippen molar-refractivity contribution in [2.24, 2.45) is 11.8 Å². The molecule has 2 heterocycles. The van der Waals surface area contributed by atoms with Crippen molar-refractivity contribution in [3.8, 4) is 0 Å². The van der Waals surface area contributed by atoms with Crippen molar-refractivity contribution in [1.29, 1.82) is 0 Å². The van der Waals surface area contributed by atoms with E-state index >= 15 is 0 Å². The van der Waals surface area contributed by atoms with Crippen molar-refractivity contribution in [2.75, 3.05) is 13.2 Å². The molecule has 2 aliphatic rings. The van der Waals surface area contributed by atoms with E-state index in [0.717, 1.165) is 5.57 Å². The monoisotopic (exact) mass is 363 g/mol. The zero-order valence-electron chi connectivity index (χ0n) is 15.4. The van der Waals surface area contributed by atoms with Gasteiger partial charge in [0.2, 0.25) is 5.91 Å². The molecule has 1 amide bonds. The first-order valence-corrected chi connectivity index (χ1v) is 8.67. The first-order chi connectivity index (χ1) is 12.4. The van der Waals surface area contributed by atoms with Crippen molar-refractivity contribution in [2.45, 2.75) is 39.3 Å². The van der Waals surface area contributed by atoms with Crippen LogP contribution in [0.5, 0.6) is 0 Å². The van der Waals surface area contributed by atoms with Crippen LogP contribution in [0.1, 0.15) is 27.2 Å². The average Bonchev–Trinajstić information content (AvgIpc) is 2.86. The third kappa shape index (κ3) is 3.38. The van der Waals surface area contributed by atoms with Crippen LogP contribution in [-0.2, 0) is 23.8 Å². The molecule has 0 aromatic carbocycles. The minimum Gasteiger partial charge on any atom is -0.457 e. The number of carbonyl (C=O) groups excluding carboxylic acids is 3. The van der Waals surface area contributed by atoms with Gasteiger partial charge in [0.15, 0.2) is 0 Å². The largest absolute Gasteiger partial charge is 0.508 e. The van der Waals surface area contributed by atoms with Gasteiger partial charge < -0.3 is 19.1 Å². The highest BCUT2D eigenvalue weighted by atomic mass is 16.7. The van der Waals surface area contributed by atoms with E-state index in [1.165, 1.54) is 17.1 Å². The maximum absolute atomic E-state index is 12.7. The molecular formula is C19H25NO6. The molecule has 0 spiro atoms. The van der Waals surface area contributed by atoms with E-state index in [1.807, 2.05) is 13.8 Å². The number of ether oxygens (including phenoxy) is 3. The number of nitrogens with zero attached hydrogens (tertiary/aromatic N) is 1. The van der Waals surface area contributed by atoms with Crippen LogP contribution in [0, 0.1) is 11.8 Å². The molecular weight excluding hydrogens is 338 g/mol. The van der Waals surface area contributed by atoms with Gasteiger partial charge in [0.1, 0.15) is 25.0 Å². The first-order valence-electron chi connectivity index (χ1n) is 8.67. The zero-order valence-corrected chi connectivity index (χ0v) is 15.4. The van der Waals surface area contributed by atoms with Gasteiger partial charge in [-0.15, -0.1) is 0 Å². The number of hydrogen-bond donors (Lipinski definition) is 0. The third-order valence-electron chi connectivity index (χ3n) is 4.81. The second kappa shape index (κ2) is 8.21. The van der Waals surface area contributed by atoms with E-state index in [9.17, 15) is 14.4 Å². The van der Waals surface area contributed by atoms with E-state index in [4.69, 9.17) is 14.2 Å². The standard InChI is InChI=1S/C19H25NO6/c1-6-9-24-18(22)16-13(8-3)11(4)15-14(17(21)20(15)16)12(5)26-19(23)25-10-7-2/h6-7,11-12,14-15H,1-2,8-10H2,3-5H3/t11-,12-,14+,15+/m0/s1. The van der Waals surface area contributed by atoms with E-state index in [2.05, 4.69) is 13.2 Å². The summed E-state index contributed by atoms with van der Waals surface area (Å²) in [5.41, 5.74) is 1.19. The van der Waals surface area contributed by atoms with Crippen LogP contribution in [0.15, 0.2) is 36.6 Å². The van der Waals surface area contributed by atoms with Crippen LogP contribution in [0.2, 0.25) is 0 Å². The Balaban J connectivity index is 2.14. The second-order valence-electron chi connectivity index (χ2n) is 6.30. The number of hydrogen-bond acceptors (Lipinski definition) is 6. The Kier molecular flexibility index (Phi) is 6.23. The summed E-state index contributed by atoms with van der Waals surface area (Å²) in [6.07, 6.45) is 2.03. The molecule has 0 aromatic rings. The molecule has 1 saturated heterocycles. The summed E-state index contributed by atoms with van der Waals surface area (Å²) in [5.74, 6) is -1.32. The van der Waals surface area contributed by atoms with Gasteiger partial charge in [0.05, 0.1) is 12.0 Å². The Morgan fingerprint density at radius 1 is 1.23 bits per heavy atom. The highest BCUT2D eigenvalue weighted by Crippen LogP contribution is 2.48. The molecule has 0 N–H and O–H groups in total. The van der Waals surface area contributed by atoms with Gasteiger partial charge in [-0.3, -0.25) is 4.79 Å². The minimum absolute atomic E-state index is 0.0239. The number of carbonyl (C=O) groups is 3. The maximum Gasteiger partial charge on any atom is 0.508 e. The number of esters is 1. The molecule has 2 aliphatic heterocycles. The van der Waals surface area contributed by atoms with Crippen molar-refractivity contribution >= 4 is 18.0 Å². The minimum atomic E-state index is -0.844. The summed E-state index contributed by atoms with van der Waals surface area (Å²) in [5, 5.41) is 0. The molecule has 1 fully saturated rings. The lowest BCUT2D eigenvalue weighted by Crippen LogP contribution is -2.64. The molecule has 142 valence electrons. The number of β-lactam (4-membered cyclic amide) rings is 1. The molecule has 26 heavy (non-hydrogen) atoms. The van der Waals surface area contributed by atoms with Crippen LogP contribution in [0.4, 0.5) is 4.79 Å². The summed E-state index contributed by atoms with van der Waals surface area (Å²) in [6.45, 7) is 12.6. The number of amides is 1. The maximum atomic E-state index is 12.7. The van der Waals surface area contributed by atoms with Crippen LogP contribution < -0.4 is 0 Å². The number of fused-ring (bicyclic) bond motifs is 1. The lowest BCUT2D eigenvalue weighted by Gasteiger charge is -2.47. The van der Waals surface area contributed by atoms with E-state index in [0.29, 0.717) is 12.1 Å². The SMILES string of the molecule is C=CCOC(=O)O[C@@H](C)[C@H]1C(=O)N2C(C(=O)OCC=C)=C(CC)[C@H](C)[C@H]12. The molecule has 4 atom stereocenters. The van der Waals surface area contributed by atoms with Gasteiger partial charge in [-0.05, 0) is 18.9 Å². The fraction of sp³-hybridized carbons (Fsp3) is 0.526. The molecule has 0 unspecified atom stereocenters. The molecule has 7 heteroatoms. The molecule has 0 radical (unpaired) electrons. The lowest BCUT2D eigenvalue weighted by molar-refractivity contribution is -0.164. The molecule has 0 saturated carbocycles. The molecule has 0 aromatic heterocycles. The lowest BCUT2D eigenvalue weighted by atomic mass is 9.77. The van der Waals surface area contributed by atoms with Crippen molar-refractivity contribution in [3.05, 3.63) is 36.6 Å². The normalized spacial score (nSPS) is 25.1. The van der Waals surface area contributed by atoms with Crippen LogP contribution in [0.25, 0.3) is 0 Å². The molecule has 7 nitrogen and oxygen atoms in total. The molecule has 0 aliphatic carbocycles. The summed E-state index contributed by atoms with van der Waals surface area (Å²) < 4.78 is 15.1. The van der Waals surface area contributed by atoms with E-state index < -0.39 is 24.1 Å². The summed E-state index contributed by atoms with van der Waals surface area (Å²) >= 11 is 0. The average molecular weight is 363 g/mol. The van der Waals surface area contributed by atoms with Gasteiger partial charge in [0.25, 0.3) is 0 Å². The summed E-state index contributed by atoms with van der Waals surface area (Å²) in [4.78, 5) is 38.2. The smallest absolute Gasteiger partial charge is 0.457 e. The Bertz CT molecular complexity index is 652. The van der Waals surface area contributed by atoms with Gasteiger partial charge >= 0.3 is 12.1 Å². The molecule has 0 bridgehead atoms. The fourth-order valence-electron chi connectivity index (χ4n) is 3.69. The van der Waals surface area contributed by atoms with Crippen molar-refractivity contribution in [1.82, 2.24) is 4.90 Å². The Morgan fingerprint density at radius 2 is 1.85 bits per heavy atom. The summed E-state index contributed by atoms with van der Waals surface area (Å²) in [7, 11) is 0. The van der Waals surface area contributed by atoms with Gasteiger partial charge in [-0.2, -0.15) is 0 Å². The highest BCUT2D eigenvalue weighted by Gasteiger charge is 2.60. The van der Waals surface area contributed by atoms with E-state index in [-0.39, 0.29) is 31.1 Å². The predicted molar refractivity (Wildman–Crippen MR) is 93.9 cm³/mol. The van der Waals surface area contributed by atoms with Gasteiger partial charge in [-0.25, -0.2) is 9.59 Å². The second-order valence-corrected chi connectivity index (χ2v) is 6.30. The topological polar surface area (TPSA) is 82.1 Å². The van der Waals surface area contributed by atoms with E-state index in [1.54, 1.807) is 6.92 Å². The van der Waals surface area contributed by atoms with Crippen molar-refractivity contribution in [3.63, 3.8) is 0 Å². The third-order valence-corrected chi connectivity index (χ3v) is 4.81. The number of rotatable bonds is 8. The Labute approximate surface area is 153 Å². The van der Waals surface area contributed by atoms with Gasteiger partial charge in [-0.1, -0.05) is 39.2 Å².